The quantitative estimate of drug-likeness (QED) is 0.512. The molecule has 0 bridgehead atoms. The van der Waals surface area contributed by atoms with Gasteiger partial charge in [0.25, 0.3) is 5.91 Å². The summed E-state index contributed by atoms with van der Waals surface area (Å²) in [6.45, 7) is -0.531. The van der Waals surface area contributed by atoms with Crippen molar-refractivity contribution < 1.29 is 19.1 Å². The summed E-state index contributed by atoms with van der Waals surface area (Å²) >= 11 is 0. The van der Waals surface area contributed by atoms with Crippen LogP contribution in [0.1, 0.15) is 10.4 Å². The SMILES string of the molecule is CNC(=O)NC(=O)COC(=O)c1ccc(N)cc1. The second kappa shape index (κ2) is 6.24. The van der Waals surface area contributed by atoms with Gasteiger partial charge in [-0.25, -0.2) is 9.59 Å². The first-order valence-corrected chi connectivity index (χ1v) is 5.07. The fraction of sp³-hybridized carbons (Fsp3) is 0.182. The van der Waals surface area contributed by atoms with Crippen molar-refractivity contribution in [2.75, 3.05) is 19.4 Å². The fourth-order valence-electron chi connectivity index (χ4n) is 1.06. The van der Waals surface area contributed by atoms with Crippen LogP contribution in [0.2, 0.25) is 0 Å². The Hall–Kier alpha value is -2.57. The Kier molecular flexibility index (Phi) is 4.67. The second-order valence-corrected chi connectivity index (χ2v) is 3.33. The number of imide groups is 1. The maximum absolute atomic E-state index is 11.5. The van der Waals surface area contributed by atoms with E-state index in [0.29, 0.717) is 5.69 Å². The number of nitrogens with one attached hydrogen (secondary N) is 2. The monoisotopic (exact) mass is 251 g/mol. The summed E-state index contributed by atoms with van der Waals surface area (Å²) in [7, 11) is 1.36. The van der Waals surface area contributed by atoms with E-state index in [0.717, 1.165) is 0 Å². The van der Waals surface area contributed by atoms with E-state index in [1.54, 1.807) is 12.1 Å². The van der Waals surface area contributed by atoms with Crippen LogP contribution in [0.3, 0.4) is 0 Å². The number of nitrogens with two attached hydrogens (primary N) is 1. The molecule has 0 aliphatic carbocycles. The molecule has 0 saturated heterocycles. The molecule has 0 atom stereocenters. The molecule has 0 heterocycles. The van der Waals surface area contributed by atoms with Gasteiger partial charge in [0.05, 0.1) is 5.56 Å². The number of hydrogen-bond donors (Lipinski definition) is 3. The number of amides is 3. The van der Waals surface area contributed by atoms with Crippen LogP contribution in [0.25, 0.3) is 0 Å². The molecule has 7 nitrogen and oxygen atoms in total. The van der Waals surface area contributed by atoms with E-state index in [4.69, 9.17) is 10.5 Å². The molecule has 0 spiro atoms. The molecular formula is C11H13N3O4. The van der Waals surface area contributed by atoms with E-state index in [2.05, 4.69) is 5.32 Å². The van der Waals surface area contributed by atoms with Crippen LogP contribution < -0.4 is 16.4 Å². The molecule has 0 aromatic heterocycles. The van der Waals surface area contributed by atoms with Crippen molar-refractivity contribution in [3.63, 3.8) is 0 Å². The van der Waals surface area contributed by atoms with Crippen molar-refractivity contribution in [2.24, 2.45) is 0 Å². The molecule has 1 aromatic rings. The van der Waals surface area contributed by atoms with Gasteiger partial charge >= 0.3 is 12.0 Å². The number of esters is 1. The highest BCUT2D eigenvalue weighted by atomic mass is 16.5. The Balaban J connectivity index is 2.44. The summed E-state index contributed by atoms with van der Waals surface area (Å²) in [5, 5.41) is 4.16. The van der Waals surface area contributed by atoms with E-state index in [1.807, 2.05) is 5.32 Å². The molecule has 3 amide bonds. The molecule has 0 fully saturated rings. The molecule has 4 N–H and O–H groups in total. The summed E-state index contributed by atoms with van der Waals surface area (Å²) in [6.07, 6.45) is 0. The molecule has 1 aromatic carbocycles. The first kappa shape index (κ1) is 13.5. The fourth-order valence-corrected chi connectivity index (χ4v) is 1.06. The number of carbonyl (C=O) groups is 3. The Morgan fingerprint density at radius 1 is 1.22 bits per heavy atom. The number of anilines is 1. The number of hydrogen-bond acceptors (Lipinski definition) is 5. The summed E-state index contributed by atoms with van der Waals surface area (Å²) in [6, 6.07) is 5.38. The molecule has 0 unspecified atom stereocenters. The zero-order chi connectivity index (χ0) is 13.5. The van der Waals surface area contributed by atoms with Gasteiger partial charge in [-0.1, -0.05) is 0 Å². The van der Waals surface area contributed by atoms with Gasteiger partial charge in [-0.05, 0) is 24.3 Å². The third-order valence-electron chi connectivity index (χ3n) is 1.96. The number of nitrogen functional groups attached to an aromatic ring is 1. The van der Waals surface area contributed by atoms with Gasteiger partial charge in [0.1, 0.15) is 0 Å². The Morgan fingerprint density at radius 2 is 1.83 bits per heavy atom. The Morgan fingerprint density at radius 3 is 2.39 bits per heavy atom. The minimum atomic E-state index is -0.710. The molecule has 0 aliphatic rings. The third-order valence-corrected chi connectivity index (χ3v) is 1.96. The highest BCUT2D eigenvalue weighted by molar-refractivity contribution is 5.96. The summed E-state index contributed by atoms with van der Waals surface area (Å²) < 4.78 is 4.70. The number of benzene rings is 1. The van der Waals surface area contributed by atoms with Crippen LogP contribution in [0.4, 0.5) is 10.5 Å². The predicted molar refractivity (Wildman–Crippen MR) is 63.7 cm³/mol. The largest absolute Gasteiger partial charge is 0.452 e. The van der Waals surface area contributed by atoms with E-state index >= 15 is 0 Å². The minimum Gasteiger partial charge on any atom is -0.452 e. The van der Waals surface area contributed by atoms with Gasteiger partial charge in [0, 0.05) is 12.7 Å². The molecule has 96 valence electrons. The summed E-state index contributed by atoms with van der Waals surface area (Å²) in [5.41, 5.74) is 6.25. The van der Waals surface area contributed by atoms with Crippen LogP contribution in [0.15, 0.2) is 24.3 Å². The van der Waals surface area contributed by atoms with Crippen LogP contribution in [0, 0.1) is 0 Å². The average molecular weight is 251 g/mol. The maximum atomic E-state index is 11.5. The lowest BCUT2D eigenvalue weighted by atomic mass is 10.2. The zero-order valence-corrected chi connectivity index (χ0v) is 9.73. The standard InChI is InChI=1S/C11H13N3O4/c1-13-11(17)14-9(15)6-18-10(16)7-2-4-8(12)5-3-7/h2-5H,6,12H2,1H3,(H2,13,14,15,17). The molecule has 0 aliphatic heterocycles. The predicted octanol–water partition coefficient (Wildman–Crippen LogP) is -0.119. The average Bonchev–Trinajstić information content (AvgIpc) is 2.36. The van der Waals surface area contributed by atoms with Gasteiger partial charge in [-0.15, -0.1) is 0 Å². The van der Waals surface area contributed by atoms with E-state index < -0.39 is 24.5 Å². The van der Waals surface area contributed by atoms with Crippen molar-refractivity contribution in [3.8, 4) is 0 Å². The van der Waals surface area contributed by atoms with Crippen molar-refractivity contribution in [3.05, 3.63) is 29.8 Å². The Labute approximate surface area is 103 Å². The van der Waals surface area contributed by atoms with Gasteiger partial charge in [0.15, 0.2) is 6.61 Å². The number of carbonyl (C=O) groups excluding carboxylic acids is 3. The third kappa shape index (κ3) is 4.12. The summed E-state index contributed by atoms with van der Waals surface area (Å²) in [4.78, 5) is 33.4. The van der Waals surface area contributed by atoms with Crippen molar-refractivity contribution in [1.29, 1.82) is 0 Å². The van der Waals surface area contributed by atoms with Crippen LogP contribution in [-0.2, 0) is 9.53 Å². The van der Waals surface area contributed by atoms with Gasteiger partial charge in [-0.3, -0.25) is 10.1 Å². The highest BCUT2D eigenvalue weighted by Gasteiger charge is 2.11. The smallest absolute Gasteiger partial charge is 0.338 e. The molecular weight excluding hydrogens is 238 g/mol. The van der Waals surface area contributed by atoms with Crippen molar-refractivity contribution in [1.82, 2.24) is 10.6 Å². The van der Waals surface area contributed by atoms with Crippen LogP contribution >= 0.6 is 0 Å². The van der Waals surface area contributed by atoms with E-state index in [1.165, 1.54) is 19.2 Å². The highest BCUT2D eigenvalue weighted by Crippen LogP contribution is 2.06. The van der Waals surface area contributed by atoms with Crippen LogP contribution in [-0.4, -0.2) is 31.6 Å². The van der Waals surface area contributed by atoms with Gasteiger partial charge in [0.2, 0.25) is 0 Å². The normalized spacial score (nSPS) is 9.39. The van der Waals surface area contributed by atoms with Gasteiger partial charge < -0.3 is 15.8 Å². The van der Waals surface area contributed by atoms with Gasteiger partial charge in [-0.2, -0.15) is 0 Å². The minimum absolute atomic E-state index is 0.275. The van der Waals surface area contributed by atoms with Crippen molar-refractivity contribution in [2.45, 2.75) is 0 Å². The number of ether oxygens (including phenoxy) is 1. The molecule has 0 radical (unpaired) electrons. The van der Waals surface area contributed by atoms with Crippen LogP contribution in [0.5, 0.6) is 0 Å². The van der Waals surface area contributed by atoms with E-state index in [-0.39, 0.29) is 5.56 Å². The van der Waals surface area contributed by atoms with E-state index in [9.17, 15) is 14.4 Å². The molecule has 1 rings (SSSR count). The molecule has 0 saturated carbocycles. The number of rotatable bonds is 3. The first-order valence-electron chi connectivity index (χ1n) is 5.07. The summed E-state index contributed by atoms with van der Waals surface area (Å²) in [5.74, 6) is -1.37. The topological polar surface area (TPSA) is 111 Å². The Bertz CT molecular complexity index is 456. The zero-order valence-electron chi connectivity index (χ0n) is 9.73. The molecule has 7 heteroatoms. The number of urea groups is 1. The lowest BCUT2D eigenvalue weighted by Crippen LogP contribution is -2.39. The molecule has 18 heavy (non-hydrogen) atoms. The lowest BCUT2D eigenvalue weighted by molar-refractivity contribution is -0.123. The second-order valence-electron chi connectivity index (χ2n) is 3.33. The van der Waals surface area contributed by atoms with Crippen molar-refractivity contribution >= 4 is 23.6 Å². The first-order chi connectivity index (χ1) is 8.52. The maximum Gasteiger partial charge on any atom is 0.338 e. The lowest BCUT2D eigenvalue weighted by Gasteiger charge is -2.05.